The molecule has 2 fully saturated rings. The molecule has 0 spiro atoms. The van der Waals surface area contributed by atoms with Crippen LogP contribution in [0.25, 0.3) is 0 Å². The molecule has 0 radical (unpaired) electrons. The monoisotopic (exact) mass is 274 g/mol. The lowest BCUT2D eigenvalue weighted by Gasteiger charge is -2.40. The fourth-order valence-electron chi connectivity index (χ4n) is 3.04. The smallest absolute Gasteiger partial charge is 0.216 e. The molecule has 5 heteroatoms. The summed E-state index contributed by atoms with van der Waals surface area (Å²) in [5.74, 6) is 0. The van der Waals surface area contributed by atoms with Gasteiger partial charge in [0.05, 0.1) is 5.25 Å². The van der Waals surface area contributed by atoms with Crippen LogP contribution in [-0.2, 0) is 10.0 Å². The van der Waals surface area contributed by atoms with Crippen molar-refractivity contribution in [2.45, 2.75) is 57.2 Å². The minimum Gasteiger partial charge on any atom is -0.300 e. The quantitative estimate of drug-likeness (QED) is 0.786. The molecule has 0 aromatic rings. The molecule has 18 heavy (non-hydrogen) atoms. The summed E-state index contributed by atoms with van der Waals surface area (Å²) in [7, 11) is -3.04. The molecule has 0 saturated carbocycles. The standard InChI is InChI=1S/C13H26N2O2S/c1-12(2)18(16,17)15-10-6-13(7-11-15)14-8-4-3-5-9-14/h12-13H,3-11H2,1-2H3. The van der Waals surface area contributed by atoms with E-state index in [9.17, 15) is 8.42 Å². The van der Waals surface area contributed by atoms with E-state index >= 15 is 0 Å². The number of piperidine rings is 2. The van der Waals surface area contributed by atoms with Crippen molar-refractivity contribution < 1.29 is 8.42 Å². The molecule has 0 aromatic carbocycles. The van der Waals surface area contributed by atoms with E-state index in [0.29, 0.717) is 19.1 Å². The molecule has 2 aliphatic rings. The van der Waals surface area contributed by atoms with Gasteiger partial charge < -0.3 is 4.90 Å². The Balaban J connectivity index is 1.88. The van der Waals surface area contributed by atoms with E-state index in [2.05, 4.69) is 4.90 Å². The van der Waals surface area contributed by atoms with Crippen molar-refractivity contribution in [1.82, 2.24) is 9.21 Å². The topological polar surface area (TPSA) is 40.6 Å². The molecule has 2 rings (SSSR count). The zero-order valence-corrected chi connectivity index (χ0v) is 12.5. The van der Waals surface area contributed by atoms with Gasteiger partial charge >= 0.3 is 0 Å². The third kappa shape index (κ3) is 3.06. The zero-order chi connectivity index (χ0) is 13.2. The fourth-order valence-corrected chi connectivity index (χ4v) is 4.36. The highest BCUT2D eigenvalue weighted by Gasteiger charge is 2.32. The summed E-state index contributed by atoms with van der Waals surface area (Å²) in [6.07, 6.45) is 5.99. The number of rotatable bonds is 3. The number of likely N-dealkylation sites (tertiary alicyclic amines) is 1. The first-order chi connectivity index (χ1) is 8.51. The van der Waals surface area contributed by atoms with Gasteiger partial charge in [-0.25, -0.2) is 12.7 Å². The van der Waals surface area contributed by atoms with Gasteiger partial charge in [0.2, 0.25) is 10.0 Å². The second kappa shape index (κ2) is 5.88. The van der Waals surface area contributed by atoms with Gasteiger partial charge in [-0.1, -0.05) is 6.42 Å². The van der Waals surface area contributed by atoms with E-state index in [1.807, 2.05) is 0 Å². The molecule has 0 aromatic heterocycles. The largest absolute Gasteiger partial charge is 0.300 e. The highest BCUT2D eigenvalue weighted by molar-refractivity contribution is 7.89. The van der Waals surface area contributed by atoms with E-state index in [4.69, 9.17) is 0 Å². The van der Waals surface area contributed by atoms with E-state index in [0.717, 1.165) is 12.8 Å². The number of hydrogen-bond acceptors (Lipinski definition) is 3. The summed E-state index contributed by atoms with van der Waals surface area (Å²) in [6, 6.07) is 0.615. The van der Waals surface area contributed by atoms with Gasteiger partial charge in [0, 0.05) is 19.1 Å². The Morgan fingerprint density at radius 2 is 1.50 bits per heavy atom. The van der Waals surface area contributed by atoms with Crippen LogP contribution in [0.2, 0.25) is 0 Å². The van der Waals surface area contributed by atoms with Crippen LogP contribution < -0.4 is 0 Å². The summed E-state index contributed by atoms with van der Waals surface area (Å²) in [5, 5.41) is -0.288. The molecular weight excluding hydrogens is 248 g/mol. The third-order valence-corrected chi connectivity index (χ3v) is 6.56. The van der Waals surface area contributed by atoms with Crippen LogP contribution in [0.1, 0.15) is 46.0 Å². The van der Waals surface area contributed by atoms with Gasteiger partial charge in [-0.2, -0.15) is 0 Å². The van der Waals surface area contributed by atoms with Crippen LogP contribution in [0.5, 0.6) is 0 Å². The Kier molecular flexibility index (Phi) is 4.67. The Bertz CT molecular complexity index is 353. The highest BCUT2D eigenvalue weighted by atomic mass is 32.2. The average molecular weight is 274 g/mol. The van der Waals surface area contributed by atoms with E-state index < -0.39 is 10.0 Å². The highest BCUT2D eigenvalue weighted by Crippen LogP contribution is 2.23. The maximum Gasteiger partial charge on any atom is 0.216 e. The first-order valence-corrected chi connectivity index (χ1v) is 8.75. The van der Waals surface area contributed by atoms with Crippen molar-refractivity contribution >= 4 is 10.0 Å². The molecule has 0 atom stereocenters. The molecule has 0 aliphatic carbocycles. The molecule has 106 valence electrons. The van der Waals surface area contributed by atoms with Crippen LogP contribution in [0.4, 0.5) is 0 Å². The second-order valence-corrected chi connectivity index (χ2v) is 8.31. The number of sulfonamides is 1. The van der Waals surface area contributed by atoms with Crippen LogP contribution in [0, 0.1) is 0 Å². The SMILES string of the molecule is CC(C)S(=O)(=O)N1CCC(N2CCCCC2)CC1. The maximum absolute atomic E-state index is 12.1. The Morgan fingerprint density at radius 1 is 0.944 bits per heavy atom. The van der Waals surface area contributed by atoms with Gasteiger partial charge in [-0.3, -0.25) is 0 Å². The predicted molar refractivity (Wildman–Crippen MR) is 74.1 cm³/mol. The average Bonchev–Trinajstić information content (AvgIpc) is 2.40. The van der Waals surface area contributed by atoms with Crippen molar-refractivity contribution in [3.05, 3.63) is 0 Å². The molecule has 2 saturated heterocycles. The summed E-state index contributed by atoms with van der Waals surface area (Å²) in [6.45, 7) is 7.38. The van der Waals surface area contributed by atoms with Crippen LogP contribution in [-0.4, -0.2) is 55.1 Å². The molecule has 0 N–H and O–H groups in total. The van der Waals surface area contributed by atoms with Crippen molar-refractivity contribution in [2.24, 2.45) is 0 Å². The maximum atomic E-state index is 12.1. The molecule has 2 aliphatic heterocycles. The fraction of sp³-hybridized carbons (Fsp3) is 1.00. The zero-order valence-electron chi connectivity index (χ0n) is 11.6. The van der Waals surface area contributed by atoms with E-state index in [1.165, 1.54) is 32.4 Å². The summed E-state index contributed by atoms with van der Waals surface area (Å²) in [4.78, 5) is 2.57. The minimum atomic E-state index is -3.04. The lowest BCUT2D eigenvalue weighted by Crippen LogP contribution is -2.49. The Hall–Kier alpha value is -0.130. The minimum absolute atomic E-state index is 0.288. The molecule has 0 bridgehead atoms. The first kappa shape index (κ1) is 14.3. The van der Waals surface area contributed by atoms with Crippen molar-refractivity contribution in [3.8, 4) is 0 Å². The normalized spacial score (nSPS) is 25.7. The second-order valence-electron chi connectivity index (χ2n) is 5.82. The Morgan fingerprint density at radius 3 is 2.00 bits per heavy atom. The van der Waals surface area contributed by atoms with Crippen LogP contribution in [0.3, 0.4) is 0 Å². The third-order valence-electron chi connectivity index (χ3n) is 4.29. The van der Waals surface area contributed by atoms with Crippen LogP contribution >= 0.6 is 0 Å². The van der Waals surface area contributed by atoms with Gasteiger partial charge in [-0.05, 0) is 52.6 Å². The van der Waals surface area contributed by atoms with Gasteiger partial charge in [0.25, 0.3) is 0 Å². The lowest BCUT2D eigenvalue weighted by atomic mass is 10.0. The Labute approximate surface area is 111 Å². The van der Waals surface area contributed by atoms with Gasteiger partial charge in [0.1, 0.15) is 0 Å². The van der Waals surface area contributed by atoms with Crippen molar-refractivity contribution in [2.75, 3.05) is 26.2 Å². The first-order valence-electron chi connectivity index (χ1n) is 7.25. The molecule has 4 nitrogen and oxygen atoms in total. The van der Waals surface area contributed by atoms with Crippen molar-refractivity contribution in [1.29, 1.82) is 0 Å². The summed E-state index contributed by atoms with van der Waals surface area (Å²) < 4.78 is 25.9. The summed E-state index contributed by atoms with van der Waals surface area (Å²) >= 11 is 0. The molecule has 0 amide bonds. The van der Waals surface area contributed by atoms with E-state index in [-0.39, 0.29) is 5.25 Å². The molecule has 2 heterocycles. The number of nitrogens with zero attached hydrogens (tertiary/aromatic N) is 2. The van der Waals surface area contributed by atoms with Crippen LogP contribution in [0.15, 0.2) is 0 Å². The van der Waals surface area contributed by atoms with Gasteiger partial charge in [0.15, 0.2) is 0 Å². The van der Waals surface area contributed by atoms with Crippen molar-refractivity contribution in [3.63, 3.8) is 0 Å². The predicted octanol–water partition coefficient (Wildman–Crippen LogP) is 1.67. The van der Waals surface area contributed by atoms with Gasteiger partial charge in [-0.15, -0.1) is 0 Å². The molecule has 0 unspecified atom stereocenters. The summed E-state index contributed by atoms with van der Waals surface area (Å²) in [5.41, 5.74) is 0. The molecular formula is C13H26N2O2S. The lowest BCUT2D eigenvalue weighted by molar-refractivity contribution is 0.117. The number of hydrogen-bond donors (Lipinski definition) is 0. The van der Waals surface area contributed by atoms with E-state index in [1.54, 1.807) is 18.2 Å².